The average Bonchev–Trinajstić information content (AvgIpc) is 3.45. The number of ether oxygens (including phenoxy) is 3. The van der Waals surface area contributed by atoms with Gasteiger partial charge in [0, 0.05) is 19.3 Å². The van der Waals surface area contributed by atoms with Crippen LogP contribution in [-0.4, -0.2) is 37.2 Å². The topological polar surface area (TPSA) is 78.9 Å². The first-order chi connectivity index (χ1) is 39.0. The van der Waals surface area contributed by atoms with Crippen molar-refractivity contribution in [2.24, 2.45) is 0 Å². The molecular weight excluding hydrogens is 973 g/mol. The van der Waals surface area contributed by atoms with Crippen LogP contribution in [0.15, 0.2) is 24.3 Å². The van der Waals surface area contributed by atoms with Gasteiger partial charge >= 0.3 is 17.9 Å². The summed E-state index contributed by atoms with van der Waals surface area (Å²) in [5, 5.41) is 0. The van der Waals surface area contributed by atoms with Gasteiger partial charge in [-0.25, -0.2) is 0 Å². The minimum Gasteiger partial charge on any atom is -0.462 e. The molecule has 0 saturated carbocycles. The fourth-order valence-electron chi connectivity index (χ4n) is 11.0. The molecule has 0 aliphatic rings. The molecule has 0 radical (unpaired) electrons. The monoisotopic (exact) mass is 1110 g/mol. The Morgan fingerprint density at radius 3 is 0.671 bits per heavy atom. The highest BCUT2D eigenvalue weighted by Crippen LogP contribution is 2.19. The molecule has 0 aliphatic heterocycles. The molecule has 0 amide bonds. The van der Waals surface area contributed by atoms with Crippen LogP contribution < -0.4 is 0 Å². The van der Waals surface area contributed by atoms with Crippen molar-refractivity contribution in [2.45, 2.75) is 412 Å². The van der Waals surface area contributed by atoms with Gasteiger partial charge in [0.05, 0.1) is 0 Å². The lowest BCUT2D eigenvalue weighted by Gasteiger charge is -2.18. The summed E-state index contributed by atoms with van der Waals surface area (Å²) < 4.78 is 16.9. The number of unbranched alkanes of at least 4 members (excludes halogenated alkanes) is 52. The lowest BCUT2D eigenvalue weighted by atomic mass is 10.0. The van der Waals surface area contributed by atoms with Crippen molar-refractivity contribution in [1.82, 2.24) is 0 Å². The molecule has 0 saturated heterocycles. The second-order valence-corrected chi connectivity index (χ2v) is 24.5. The van der Waals surface area contributed by atoms with Gasteiger partial charge in [-0.1, -0.05) is 347 Å². The molecule has 1 unspecified atom stereocenters. The van der Waals surface area contributed by atoms with Crippen LogP contribution >= 0.6 is 0 Å². The number of rotatable bonds is 67. The van der Waals surface area contributed by atoms with Gasteiger partial charge in [-0.3, -0.25) is 14.4 Å². The molecule has 1 atom stereocenters. The summed E-state index contributed by atoms with van der Waals surface area (Å²) in [6.07, 6.45) is 83.8. The first-order valence-electron chi connectivity index (χ1n) is 35.8. The molecule has 0 aromatic rings. The Morgan fingerprint density at radius 1 is 0.241 bits per heavy atom. The van der Waals surface area contributed by atoms with E-state index in [0.717, 1.165) is 64.2 Å². The number of allylic oxidation sites excluding steroid dienone is 4. The van der Waals surface area contributed by atoms with Gasteiger partial charge in [0.2, 0.25) is 0 Å². The minimum atomic E-state index is -0.770. The van der Waals surface area contributed by atoms with Crippen LogP contribution in [0.5, 0.6) is 0 Å². The largest absolute Gasteiger partial charge is 0.462 e. The zero-order valence-electron chi connectivity index (χ0n) is 53.7. The molecule has 79 heavy (non-hydrogen) atoms. The summed E-state index contributed by atoms with van der Waals surface area (Å²) in [7, 11) is 0. The number of carbonyl (C=O) groups is 3. The third-order valence-corrected chi connectivity index (χ3v) is 16.4. The normalized spacial score (nSPS) is 12.1. The van der Waals surface area contributed by atoms with Gasteiger partial charge in [-0.15, -0.1) is 0 Å². The predicted octanol–water partition coefficient (Wildman–Crippen LogP) is 24.6. The van der Waals surface area contributed by atoms with E-state index in [2.05, 4.69) is 45.1 Å². The fourth-order valence-corrected chi connectivity index (χ4v) is 11.0. The SMILES string of the molecule is CCCC/C=C\CCCCCCCC(=O)OCC(COC(=O)CCCCCCCCCCCCCCCCCCCCCCCCC/C=C\CCCCCCCCCC)OC(=O)CCCCCCCCCCCCCCCCC. The Kier molecular flexibility index (Phi) is 66.6. The van der Waals surface area contributed by atoms with E-state index < -0.39 is 6.10 Å². The third kappa shape index (κ3) is 66.6. The Bertz CT molecular complexity index is 1270. The Balaban J connectivity index is 3.99. The molecule has 0 N–H and O–H groups in total. The molecule has 0 bridgehead atoms. The molecule has 0 fully saturated rings. The maximum atomic E-state index is 12.9. The number of hydrogen-bond acceptors (Lipinski definition) is 6. The number of esters is 3. The van der Waals surface area contributed by atoms with E-state index in [4.69, 9.17) is 14.2 Å². The van der Waals surface area contributed by atoms with Crippen LogP contribution in [0.3, 0.4) is 0 Å². The number of hydrogen-bond donors (Lipinski definition) is 0. The molecule has 0 rings (SSSR count). The second kappa shape index (κ2) is 68.4. The van der Waals surface area contributed by atoms with Crippen LogP contribution in [0.4, 0.5) is 0 Å². The molecule has 6 nitrogen and oxygen atoms in total. The summed E-state index contributed by atoms with van der Waals surface area (Å²) in [6, 6.07) is 0. The lowest BCUT2D eigenvalue weighted by Crippen LogP contribution is -2.30. The Labute approximate surface area is 493 Å². The smallest absolute Gasteiger partial charge is 0.306 e. The van der Waals surface area contributed by atoms with Gasteiger partial charge in [0.1, 0.15) is 13.2 Å². The second-order valence-electron chi connectivity index (χ2n) is 24.5. The molecule has 6 heteroatoms. The summed E-state index contributed by atoms with van der Waals surface area (Å²) in [5.74, 6) is -0.849. The zero-order valence-corrected chi connectivity index (χ0v) is 53.7. The minimum absolute atomic E-state index is 0.0673. The highest BCUT2D eigenvalue weighted by Gasteiger charge is 2.19. The maximum Gasteiger partial charge on any atom is 0.306 e. The van der Waals surface area contributed by atoms with Crippen molar-refractivity contribution in [3.8, 4) is 0 Å². The summed E-state index contributed by atoms with van der Waals surface area (Å²) in [4.78, 5) is 38.3. The summed E-state index contributed by atoms with van der Waals surface area (Å²) in [6.45, 7) is 6.66. The lowest BCUT2D eigenvalue weighted by molar-refractivity contribution is -0.167. The van der Waals surface area contributed by atoms with E-state index >= 15 is 0 Å². The van der Waals surface area contributed by atoms with Crippen molar-refractivity contribution in [2.75, 3.05) is 13.2 Å². The van der Waals surface area contributed by atoms with E-state index in [9.17, 15) is 14.4 Å². The van der Waals surface area contributed by atoms with Crippen molar-refractivity contribution >= 4 is 17.9 Å². The third-order valence-electron chi connectivity index (χ3n) is 16.4. The fraction of sp³-hybridized carbons (Fsp3) is 0.904. The molecule has 0 spiro atoms. The van der Waals surface area contributed by atoms with Gasteiger partial charge in [0.25, 0.3) is 0 Å². The molecule has 0 heterocycles. The van der Waals surface area contributed by atoms with Crippen molar-refractivity contribution in [1.29, 1.82) is 0 Å². The van der Waals surface area contributed by atoms with Crippen LogP contribution in [0, 0.1) is 0 Å². The van der Waals surface area contributed by atoms with Crippen molar-refractivity contribution in [3.63, 3.8) is 0 Å². The average molecular weight is 1110 g/mol. The van der Waals surface area contributed by atoms with Gasteiger partial charge in [0.15, 0.2) is 6.10 Å². The number of carbonyl (C=O) groups excluding carboxylic acids is 3. The van der Waals surface area contributed by atoms with Crippen molar-refractivity contribution in [3.05, 3.63) is 24.3 Å². The van der Waals surface area contributed by atoms with E-state index in [1.54, 1.807) is 0 Å². The summed E-state index contributed by atoms with van der Waals surface area (Å²) in [5.41, 5.74) is 0. The van der Waals surface area contributed by atoms with E-state index in [0.29, 0.717) is 19.3 Å². The predicted molar refractivity (Wildman–Crippen MR) is 344 cm³/mol. The first-order valence-corrected chi connectivity index (χ1v) is 35.8. The standard InChI is InChI=1S/C73H138O6/c1-4-7-10-13-16-19-22-24-26-27-28-29-30-31-32-33-34-35-36-37-38-39-40-41-42-43-44-45-47-48-51-54-57-60-63-66-72(75)78-69-70(68-77-71(74)65-62-59-56-53-50-21-18-15-12-9-6-3)79-73(76)67-64-61-58-55-52-49-46-25-23-20-17-14-11-8-5-2/h15,18,27-28,70H,4-14,16-17,19-26,29-69H2,1-3H3/b18-15-,28-27-. The van der Waals surface area contributed by atoms with E-state index in [1.165, 1.54) is 302 Å². The van der Waals surface area contributed by atoms with Gasteiger partial charge in [-0.05, 0) is 64.2 Å². The van der Waals surface area contributed by atoms with Crippen LogP contribution in [0.1, 0.15) is 406 Å². The van der Waals surface area contributed by atoms with Crippen LogP contribution in [-0.2, 0) is 28.6 Å². The van der Waals surface area contributed by atoms with Crippen molar-refractivity contribution < 1.29 is 28.6 Å². The van der Waals surface area contributed by atoms with Crippen LogP contribution in [0.2, 0.25) is 0 Å². The molecule has 0 aromatic heterocycles. The Hall–Kier alpha value is -2.11. The van der Waals surface area contributed by atoms with E-state index in [-0.39, 0.29) is 31.1 Å². The van der Waals surface area contributed by atoms with Gasteiger partial charge < -0.3 is 14.2 Å². The first kappa shape index (κ1) is 76.9. The quantitative estimate of drug-likeness (QED) is 0.0261. The maximum absolute atomic E-state index is 12.9. The Morgan fingerprint density at radius 2 is 0.430 bits per heavy atom. The highest BCUT2D eigenvalue weighted by molar-refractivity contribution is 5.71. The molecular formula is C73H138O6. The highest BCUT2D eigenvalue weighted by atomic mass is 16.6. The van der Waals surface area contributed by atoms with E-state index in [1.807, 2.05) is 0 Å². The molecule has 0 aromatic carbocycles. The zero-order chi connectivity index (χ0) is 57.1. The van der Waals surface area contributed by atoms with Gasteiger partial charge in [-0.2, -0.15) is 0 Å². The molecule has 0 aliphatic carbocycles. The summed E-state index contributed by atoms with van der Waals surface area (Å²) >= 11 is 0. The van der Waals surface area contributed by atoms with Crippen LogP contribution in [0.25, 0.3) is 0 Å². The molecule has 466 valence electrons.